The van der Waals surface area contributed by atoms with E-state index in [1.165, 1.54) is 40.9 Å². The van der Waals surface area contributed by atoms with E-state index >= 15 is 0 Å². The minimum Gasteiger partial charge on any atom is -0.378 e. The van der Waals surface area contributed by atoms with Crippen LogP contribution in [0.1, 0.15) is 10.4 Å². The van der Waals surface area contributed by atoms with Crippen LogP contribution in [0.5, 0.6) is 0 Å². The van der Waals surface area contributed by atoms with Gasteiger partial charge in [0.1, 0.15) is 11.4 Å². The standard InChI is InChI=1S/C18H15FN2O3S2/c19-13-4-1-2-5-14(13)21-17(23)16(22)20-11-18(24,12-7-9-25-10-12)15-6-3-8-26-15/h1-10,24H,11H2,(H,20,22)(H,21,23)/t18-/m0/s1. The number of rotatable bonds is 5. The number of hydrogen-bond acceptors (Lipinski definition) is 5. The lowest BCUT2D eigenvalue weighted by atomic mass is 9.94. The summed E-state index contributed by atoms with van der Waals surface area (Å²) in [5, 5.41) is 21.2. The topological polar surface area (TPSA) is 78.4 Å². The molecular formula is C18H15FN2O3S2. The summed E-state index contributed by atoms with van der Waals surface area (Å²) in [4.78, 5) is 24.7. The molecule has 1 atom stereocenters. The molecule has 2 aromatic heterocycles. The SMILES string of the molecule is O=C(NC[C@](O)(c1ccsc1)c1cccs1)C(=O)Nc1ccccc1F. The first kappa shape index (κ1) is 18.2. The van der Waals surface area contributed by atoms with Gasteiger partial charge in [-0.25, -0.2) is 4.39 Å². The number of carbonyl (C=O) groups excluding carboxylic acids is 2. The Labute approximate surface area is 157 Å². The van der Waals surface area contributed by atoms with E-state index in [4.69, 9.17) is 0 Å². The summed E-state index contributed by atoms with van der Waals surface area (Å²) in [6.45, 7) is -0.187. The highest BCUT2D eigenvalue weighted by atomic mass is 32.1. The van der Waals surface area contributed by atoms with Gasteiger partial charge in [0.25, 0.3) is 0 Å². The van der Waals surface area contributed by atoms with Crippen LogP contribution >= 0.6 is 22.7 Å². The Balaban J connectivity index is 1.70. The van der Waals surface area contributed by atoms with Crippen LogP contribution in [0.4, 0.5) is 10.1 Å². The van der Waals surface area contributed by atoms with Crippen LogP contribution in [-0.4, -0.2) is 23.5 Å². The Kier molecular flexibility index (Phi) is 5.46. The first-order valence-electron chi connectivity index (χ1n) is 7.63. The molecule has 3 aromatic rings. The largest absolute Gasteiger partial charge is 0.378 e. The van der Waals surface area contributed by atoms with Crippen LogP contribution in [0.2, 0.25) is 0 Å². The van der Waals surface area contributed by atoms with Gasteiger partial charge in [0, 0.05) is 10.4 Å². The first-order chi connectivity index (χ1) is 12.5. The van der Waals surface area contributed by atoms with Crippen LogP contribution in [0, 0.1) is 5.82 Å². The summed E-state index contributed by atoms with van der Waals surface area (Å²) in [7, 11) is 0. The van der Waals surface area contributed by atoms with E-state index < -0.39 is 23.2 Å². The molecule has 26 heavy (non-hydrogen) atoms. The molecule has 3 N–H and O–H groups in total. The lowest BCUT2D eigenvalue weighted by Crippen LogP contribution is -2.44. The Morgan fingerprint density at radius 3 is 2.54 bits per heavy atom. The quantitative estimate of drug-likeness (QED) is 0.586. The van der Waals surface area contributed by atoms with Gasteiger partial charge >= 0.3 is 11.8 Å². The van der Waals surface area contributed by atoms with Crippen molar-refractivity contribution in [2.75, 3.05) is 11.9 Å². The van der Waals surface area contributed by atoms with E-state index in [1.54, 1.807) is 29.6 Å². The second-order valence-corrected chi connectivity index (χ2v) is 7.19. The zero-order valence-corrected chi connectivity index (χ0v) is 15.1. The van der Waals surface area contributed by atoms with Crippen LogP contribution in [-0.2, 0) is 15.2 Å². The summed E-state index contributed by atoms with van der Waals surface area (Å²) in [6, 6.07) is 10.9. The highest BCUT2D eigenvalue weighted by Crippen LogP contribution is 2.33. The van der Waals surface area contributed by atoms with Crippen LogP contribution < -0.4 is 10.6 Å². The molecule has 0 bridgehead atoms. The fourth-order valence-electron chi connectivity index (χ4n) is 2.38. The van der Waals surface area contributed by atoms with Crippen molar-refractivity contribution < 1.29 is 19.1 Å². The van der Waals surface area contributed by atoms with Gasteiger partial charge in [-0.05, 0) is 40.4 Å². The van der Waals surface area contributed by atoms with E-state index in [0.717, 1.165) is 0 Å². The van der Waals surface area contributed by atoms with Gasteiger partial charge in [-0.3, -0.25) is 9.59 Å². The van der Waals surface area contributed by atoms with Crippen molar-refractivity contribution in [3.8, 4) is 0 Å². The van der Waals surface area contributed by atoms with E-state index in [1.807, 2.05) is 10.8 Å². The molecule has 0 saturated heterocycles. The fraction of sp³-hybridized carbons (Fsp3) is 0.111. The Bertz CT molecular complexity index is 861. The predicted molar refractivity (Wildman–Crippen MR) is 99.7 cm³/mol. The zero-order chi connectivity index (χ0) is 18.6. The van der Waals surface area contributed by atoms with Crippen molar-refractivity contribution in [1.82, 2.24) is 5.32 Å². The van der Waals surface area contributed by atoms with Gasteiger partial charge < -0.3 is 15.7 Å². The third kappa shape index (κ3) is 3.82. The second-order valence-electron chi connectivity index (χ2n) is 5.47. The minimum atomic E-state index is -1.44. The first-order valence-corrected chi connectivity index (χ1v) is 9.46. The molecule has 5 nitrogen and oxygen atoms in total. The molecule has 134 valence electrons. The van der Waals surface area contributed by atoms with Crippen LogP contribution in [0.25, 0.3) is 0 Å². The van der Waals surface area contributed by atoms with E-state index in [2.05, 4.69) is 10.6 Å². The Hall–Kier alpha value is -2.55. The number of carbonyl (C=O) groups is 2. The third-order valence-corrected chi connectivity index (χ3v) is 5.46. The van der Waals surface area contributed by atoms with Gasteiger partial charge in [-0.2, -0.15) is 11.3 Å². The Morgan fingerprint density at radius 2 is 1.88 bits per heavy atom. The van der Waals surface area contributed by atoms with E-state index in [0.29, 0.717) is 10.4 Å². The van der Waals surface area contributed by atoms with Crippen molar-refractivity contribution in [2.45, 2.75) is 5.60 Å². The number of hydrogen-bond donors (Lipinski definition) is 3. The van der Waals surface area contributed by atoms with Crippen molar-refractivity contribution in [3.05, 3.63) is 74.9 Å². The molecule has 8 heteroatoms. The molecule has 0 aliphatic heterocycles. The summed E-state index contributed by atoms with van der Waals surface area (Å²) >= 11 is 2.76. The zero-order valence-electron chi connectivity index (χ0n) is 13.4. The van der Waals surface area contributed by atoms with Crippen molar-refractivity contribution >= 4 is 40.2 Å². The highest BCUT2D eigenvalue weighted by Gasteiger charge is 2.34. The predicted octanol–water partition coefficient (Wildman–Crippen LogP) is 2.94. The van der Waals surface area contributed by atoms with Gasteiger partial charge in [0.15, 0.2) is 0 Å². The fourth-order valence-corrected chi connectivity index (χ4v) is 3.95. The number of para-hydroxylation sites is 1. The van der Waals surface area contributed by atoms with E-state index in [-0.39, 0.29) is 12.2 Å². The maximum Gasteiger partial charge on any atom is 0.313 e. The lowest BCUT2D eigenvalue weighted by molar-refractivity contribution is -0.136. The molecule has 0 spiro atoms. The van der Waals surface area contributed by atoms with Gasteiger partial charge in [0.05, 0.1) is 12.2 Å². The number of aliphatic hydroxyl groups is 1. The maximum atomic E-state index is 13.6. The summed E-state index contributed by atoms with van der Waals surface area (Å²) < 4.78 is 13.6. The van der Waals surface area contributed by atoms with Crippen molar-refractivity contribution in [3.63, 3.8) is 0 Å². The van der Waals surface area contributed by atoms with Gasteiger partial charge in [-0.1, -0.05) is 18.2 Å². The summed E-state index contributed by atoms with van der Waals surface area (Å²) in [5.74, 6) is -2.60. The van der Waals surface area contributed by atoms with E-state index in [9.17, 15) is 19.1 Å². The highest BCUT2D eigenvalue weighted by molar-refractivity contribution is 7.10. The summed E-state index contributed by atoms with van der Waals surface area (Å²) in [6.07, 6.45) is 0. The lowest BCUT2D eigenvalue weighted by Gasteiger charge is -2.26. The molecule has 0 radical (unpaired) electrons. The molecule has 2 heterocycles. The van der Waals surface area contributed by atoms with Gasteiger partial charge in [-0.15, -0.1) is 11.3 Å². The van der Waals surface area contributed by atoms with Gasteiger partial charge in [0.2, 0.25) is 0 Å². The van der Waals surface area contributed by atoms with Crippen LogP contribution in [0.3, 0.4) is 0 Å². The average Bonchev–Trinajstić information content (AvgIpc) is 3.35. The minimum absolute atomic E-state index is 0.0843. The number of anilines is 1. The normalized spacial score (nSPS) is 13.0. The molecule has 0 aliphatic rings. The number of thiophene rings is 2. The van der Waals surface area contributed by atoms with Crippen molar-refractivity contribution in [1.29, 1.82) is 0 Å². The summed E-state index contributed by atoms with van der Waals surface area (Å²) in [5.41, 5.74) is -0.902. The molecule has 0 unspecified atom stereocenters. The average molecular weight is 390 g/mol. The third-order valence-electron chi connectivity index (χ3n) is 3.76. The van der Waals surface area contributed by atoms with Crippen molar-refractivity contribution in [2.24, 2.45) is 0 Å². The molecule has 0 saturated carbocycles. The monoisotopic (exact) mass is 390 g/mol. The number of nitrogens with one attached hydrogen (secondary N) is 2. The molecule has 3 rings (SSSR count). The molecule has 0 fully saturated rings. The number of benzene rings is 1. The number of amides is 2. The number of halogens is 1. The Morgan fingerprint density at radius 1 is 1.08 bits per heavy atom. The molecule has 2 amide bonds. The molecule has 1 aromatic carbocycles. The second kappa shape index (κ2) is 7.77. The molecule has 0 aliphatic carbocycles. The smallest absolute Gasteiger partial charge is 0.313 e. The maximum absolute atomic E-state index is 13.6. The molecular weight excluding hydrogens is 375 g/mol. The van der Waals surface area contributed by atoms with Crippen LogP contribution in [0.15, 0.2) is 58.6 Å².